The molecule has 88 valence electrons. The van der Waals surface area contributed by atoms with Gasteiger partial charge in [-0.25, -0.2) is 0 Å². The lowest BCUT2D eigenvalue weighted by Crippen LogP contribution is -2.29. The maximum atomic E-state index is 11.7. The van der Waals surface area contributed by atoms with E-state index in [1.807, 2.05) is 6.92 Å². The molecule has 0 saturated carbocycles. The SMILES string of the molecule is CC(NC(=O)CC1CCNC1)c1nn[nH]n1. The number of nitrogens with one attached hydrogen (secondary N) is 3. The first-order chi connectivity index (χ1) is 7.75. The molecule has 2 heterocycles. The molecule has 1 aliphatic heterocycles. The predicted octanol–water partition coefficient (Wildman–Crippen LogP) is -0.623. The molecule has 0 spiro atoms. The highest BCUT2D eigenvalue weighted by Crippen LogP contribution is 2.13. The van der Waals surface area contributed by atoms with Crippen LogP contribution in [0.5, 0.6) is 0 Å². The van der Waals surface area contributed by atoms with E-state index in [1.54, 1.807) is 0 Å². The Balaban J connectivity index is 1.78. The van der Waals surface area contributed by atoms with E-state index in [-0.39, 0.29) is 11.9 Å². The molecule has 7 nitrogen and oxygen atoms in total. The third-order valence-corrected chi connectivity index (χ3v) is 2.76. The van der Waals surface area contributed by atoms with Crippen LogP contribution in [-0.4, -0.2) is 39.6 Å². The van der Waals surface area contributed by atoms with Crippen molar-refractivity contribution in [2.75, 3.05) is 13.1 Å². The number of hydrogen-bond donors (Lipinski definition) is 3. The monoisotopic (exact) mass is 224 g/mol. The third-order valence-electron chi connectivity index (χ3n) is 2.76. The first-order valence-electron chi connectivity index (χ1n) is 5.49. The van der Waals surface area contributed by atoms with Crippen molar-refractivity contribution in [2.45, 2.75) is 25.8 Å². The Hall–Kier alpha value is -1.50. The van der Waals surface area contributed by atoms with Crippen molar-refractivity contribution in [3.05, 3.63) is 5.82 Å². The van der Waals surface area contributed by atoms with Gasteiger partial charge in [0.25, 0.3) is 0 Å². The summed E-state index contributed by atoms with van der Waals surface area (Å²) in [5.74, 6) is 1.02. The number of carbonyl (C=O) groups excluding carboxylic acids is 1. The lowest BCUT2D eigenvalue weighted by Gasteiger charge is -2.12. The molecule has 1 saturated heterocycles. The Bertz CT molecular complexity index is 332. The first-order valence-corrected chi connectivity index (χ1v) is 5.49. The third kappa shape index (κ3) is 2.75. The second-order valence-corrected chi connectivity index (χ2v) is 4.12. The summed E-state index contributed by atoms with van der Waals surface area (Å²) in [6.45, 7) is 3.79. The highest BCUT2D eigenvalue weighted by molar-refractivity contribution is 5.76. The van der Waals surface area contributed by atoms with Gasteiger partial charge in [0.15, 0.2) is 5.82 Å². The van der Waals surface area contributed by atoms with Crippen molar-refractivity contribution in [3.63, 3.8) is 0 Å². The minimum absolute atomic E-state index is 0.0472. The molecule has 7 heteroatoms. The maximum Gasteiger partial charge on any atom is 0.220 e. The lowest BCUT2D eigenvalue weighted by atomic mass is 10.0. The number of aromatic amines is 1. The number of amides is 1. The van der Waals surface area contributed by atoms with Gasteiger partial charge in [0.2, 0.25) is 5.91 Å². The Morgan fingerprint density at radius 2 is 2.56 bits per heavy atom. The van der Waals surface area contributed by atoms with Crippen LogP contribution < -0.4 is 10.6 Å². The Labute approximate surface area is 93.4 Å². The fraction of sp³-hybridized carbons (Fsp3) is 0.778. The minimum atomic E-state index is -0.194. The van der Waals surface area contributed by atoms with Crippen LogP contribution in [0.1, 0.15) is 31.6 Å². The van der Waals surface area contributed by atoms with E-state index in [2.05, 4.69) is 31.3 Å². The summed E-state index contributed by atoms with van der Waals surface area (Å²) in [5.41, 5.74) is 0. The standard InChI is InChI=1S/C9H16N6O/c1-6(9-12-14-15-13-9)11-8(16)4-7-2-3-10-5-7/h6-7,10H,2-5H2,1H3,(H,11,16)(H,12,13,14,15). The van der Waals surface area contributed by atoms with Crippen LogP contribution in [0.25, 0.3) is 0 Å². The number of hydrogen-bond acceptors (Lipinski definition) is 5. The second kappa shape index (κ2) is 5.02. The fourth-order valence-corrected chi connectivity index (χ4v) is 1.87. The van der Waals surface area contributed by atoms with Crippen LogP contribution in [-0.2, 0) is 4.79 Å². The van der Waals surface area contributed by atoms with Gasteiger partial charge in [-0.15, -0.1) is 10.2 Å². The van der Waals surface area contributed by atoms with Crippen molar-refractivity contribution >= 4 is 5.91 Å². The molecule has 1 fully saturated rings. The van der Waals surface area contributed by atoms with E-state index < -0.39 is 0 Å². The summed E-state index contributed by atoms with van der Waals surface area (Å²) in [6.07, 6.45) is 1.64. The van der Waals surface area contributed by atoms with Gasteiger partial charge in [-0.3, -0.25) is 4.79 Å². The summed E-state index contributed by atoms with van der Waals surface area (Å²) in [6, 6.07) is -0.194. The highest BCUT2D eigenvalue weighted by atomic mass is 16.1. The minimum Gasteiger partial charge on any atom is -0.346 e. The fourth-order valence-electron chi connectivity index (χ4n) is 1.87. The number of carbonyl (C=O) groups is 1. The van der Waals surface area contributed by atoms with Gasteiger partial charge in [-0.1, -0.05) is 5.21 Å². The summed E-state index contributed by atoms with van der Waals surface area (Å²) in [5, 5.41) is 19.6. The molecule has 0 bridgehead atoms. The zero-order valence-electron chi connectivity index (χ0n) is 9.23. The number of rotatable bonds is 4. The molecule has 2 unspecified atom stereocenters. The van der Waals surface area contributed by atoms with E-state index >= 15 is 0 Å². The first kappa shape index (κ1) is 11.0. The molecule has 1 aromatic rings. The molecule has 0 aromatic carbocycles. The zero-order chi connectivity index (χ0) is 11.4. The molecule has 0 aliphatic carbocycles. The van der Waals surface area contributed by atoms with Gasteiger partial charge >= 0.3 is 0 Å². The molecule has 0 radical (unpaired) electrons. The Morgan fingerprint density at radius 3 is 3.19 bits per heavy atom. The van der Waals surface area contributed by atoms with Gasteiger partial charge in [-0.2, -0.15) is 5.21 Å². The largest absolute Gasteiger partial charge is 0.346 e. The quantitative estimate of drug-likeness (QED) is 0.633. The molecule has 2 atom stereocenters. The lowest BCUT2D eigenvalue weighted by molar-refractivity contribution is -0.122. The molecule has 1 amide bonds. The molecule has 3 N–H and O–H groups in total. The van der Waals surface area contributed by atoms with Crippen LogP contribution in [0, 0.1) is 5.92 Å². The van der Waals surface area contributed by atoms with Crippen molar-refractivity contribution in [1.82, 2.24) is 31.3 Å². The molecular formula is C9H16N6O. The normalized spacial score (nSPS) is 21.9. The van der Waals surface area contributed by atoms with Gasteiger partial charge in [0.1, 0.15) is 0 Å². The molecule has 2 rings (SSSR count). The molecule has 1 aromatic heterocycles. The van der Waals surface area contributed by atoms with Crippen molar-refractivity contribution in [3.8, 4) is 0 Å². The van der Waals surface area contributed by atoms with E-state index in [0.29, 0.717) is 18.2 Å². The number of tetrazole rings is 1. The van der Waals surface area contributed by atoms with Crippen LogP contribution in [0.15, 0.2) is 0 Å². The van der Waals surface area contributed by atoms with Gasteiger partial charge in [0.05, 0.1) is 6.04 Å². The van der Waals surface area contributed by atoms with Crippen LogP contribution >= 0.6 is 0 Å². The van der Waals surface area contributed by atoms with E-state index in [0.717, 1.165) is 19.5 Å². The summed E-state index contributed by atoms with van der Waals surface area (Å²) in [4.78, 5) is 11.7. The van der Waals surface area contributed by atoms with E-state index in [1.165, 1.54) is 0 Å². The number of aromatic nitrogens is 4. The topological polar surface area (TPSA) is 95.6 Å². The van der Waals surface area contributed by atoms with Gasteiger partial charge in [0, 0.05) is 6.42 Å². The summed E-state index contributed by atoms with van der Waals surface area (Å²) >= 11 is 0. The van der Waals surface area contributed by atoms with Crippen molar-refractivity contribution in [2.24, 2.45) is 5.92 Å². The van der Waals surface area contributed by atoms with E-state index in [4.69, 9.17) is 0 Å². The second-order valence-electron chi connectivity index (χ2n) is 4.12. The van der Waals surface area contributed by atoms with E-state index in [9.17, 15) is 4.79 Å². The Kier molecular flexibility index (Phi) is 3.45. The average molecular weight is 224 g/mol. The van der Waals surface area contributed by atoms with Gasteiger partial charge in [-0.05, 0) is 32.4 Å². The van der Waals surface area contributed by atoms with Crippen molar-refractivity contribution < 1.29 is 4.79 Å². The average Bonchev–Trinajstić information content (AvgIpc) is 2.88. The van der Waals surface area contributed by atoms with Gasteiger partial charge < -0.3 is 10.6 Å². The molecule has 1 aliphatic rings. The predicted molar refractivity (Wildman–Crippen MR) is 56.3 cm³/mol. The summed E-state index contributed by atoms with van der Waals surface area (Å²) < 4.78 is 0. The molecule has 16 heavy (non-hydrogen) atoms. The maximum absolute atomic E-state index is 11.7. The van der Waals surface area contributed by atoms with Crippen LogP contribution in [0.2, 0.25) is 0 Å². The number of H-pyrrole nitrogens is 1. The number of nitrogens with zero attached hydrogens (tertiary/aromatic N) is 3. The van der Waals surface area contributed by atoms with Crippen LogP contribution in [0.4, 0.5) is 0 Å². The zero-order valence-corrected chi connectivity index (χ0v) is 9.23. The smallest absolute Gasteiger partial charge is 0.220 e. The summed E-state index contributed by atoms with van der Waals surface area (Å²) in [7, 11) is 0. The molecular weight excluding hydrogens is 208 g/mol. The Morgan fingerprint density at radius 1 is 1.69 bits per heavy atom. The van der Waals surface area contributed by atoms with Crippen LogP contribution in [0.3, 0.4) is 0 Å². The highest BCUT2D eigenvalue weighted by Gasteiger charge is 2.20. The van der Waals surface area contributed by atoms with Crippen molar-refractivity contribution in [1.29, 1.82) is 0 Å².